The largest absolute Gasteiger partial charge is 0.478 e. The van der Waals surface area contributed by atoms with Gasteiger partial charge in [0, 0.05) is 29.8 Å². The van der Waals surface area contributed by atoms with E-state index in [2.05, 4.69) is 5.32 Å². The summed E-state index contributed by atoms with van der Waals surface area (Å²) in [5.41, 5.74) is -0.693. The molecule has 9 nitrogen and oxygen atoms in total. The van der Waals surface area contributed by atoms with Gasteiger partial charge in [0.25, 0.3) is 0 Å². The molecule has 3 amide bonds. The molecule has 0 aliphatic carbocycles. The van der Waals surface area contributed by atoms with E-state index in [4.69, 9.17) is 4.74 Å². The Balaban J connectivity index is 3.66. The number of hydrogen-bond acceptors (Lipinski definition) is 6. The van der Waals surface area contributed by atoms with Gasteiger partial charge in [0.15, 0.2) is 0 Å². The molecule has 0 unspecified atom stereocenters. The smallest absolute Gasteiger partial charge is 0.410 e. The quantitative estimate of drug-likeness (QED) is 0.309. The summed E-state index contributed by atoms with van der Waals surface area (Å²) in [6, 6.07) is 6.86. The SMILES string of the molecule is CSC(C)(C)[C@H](NC(=O)[C@@H](N(C)C(=O)OC(C)(C)C)C(C)(C)c1ccccc1)C(=O)N(C)[C@H](/C=C(\C)C(=O)O)C(C)C. The van der Waals surface area contributed by atoms with Crippen molar-refractivity contribution in [2.75, 3.05) is 20.4 Å². The second-order valence-electron chi connectivity index (χ2n) is 13.2. The minimum atomic E-state index is -1.06. The summed E-state index contributed by atoms with van der Waals surface area (Å²) in [5, 5.41) is 12.4. The molecule has 0 bridgehead atoms. The van der Waals surface area contributed by atoms with Crippen molar-refractivity contribution in [1.82, 2.24) is 15.1 Å². The van der Waals surface area contributed by atoms with E-state index in [0.29, 0.717) is 0 Å². The first-order chi connectivity index (χ1) is 19.1. The van der Waals surface area contributed by atoms with Crippen LogP contribution in [-0.2, 0) is 24.5 Å². The van der Waals surface area contributed by atoms with Crippen molar-refractivity contribution in [3.05, 3.63) is 47.5 Å². The van der Waals surface area contributed by atoms with Crippen LogP contribution in [0.2, 0.25) is 0 Å². The summed E-state index contributed by atoms with van der Waals surface area (Å²) < 4.78 is 4.88. The molecule has 236 valence electrons. The van der Waals surface area contributed by atoms with E-state index in [9.17, 15) is 24.3 Å². The van der Waals surface area contributed by atoms with Crippen LogP contribution >= 0.6 is 11.8 Å². The molecule has 0 aromatic heterocycles. The van der Waals surface area contributed by atoms with Crippen molar-refractivity contribution in [2.45, 2.75) is 103 Å². The Labute approximate surface area is 256 Å². The normalized spacial score (nSPS) is 15.0. The maximum absolute atomic E-state index is 14.3. The van der Waals surface area contributed by atoms with Gasteiger partial charge in [-0.3, -0.25) is 14.5 Å². The molecule has 1 rings (SSSR count). The zero-order chi connectivity index (χ0) is 32.8. The first kappa shape index (κ1) is 37.0. The third-order valence-corrected chi connectivity index (χ3v) is 8.80. The number of aliphatic carboxylic acids is 1. The number of likely N-dealkylation sites (N-methyl/N-ethyl adjacent to an activating group) is 2. The molecule has 1 aromatic carbocycles. The van der Waals surface area contributed by atoms with Crippen molar-refractivity contribution >= 4 is 35.6 Å². The fourth-order valence-electron chi connectivity index (χ4n) is 4.75. The van der Waals surface area contributed by atoms with E-state index < -0.39 is 51.9 Å². The molecule has 0 saturated carbocycles. The fourth-order valence-corrected chi connectivity index (χ4v) is 5.15. The van der Waals surface area contributed by atoms with Gasteiger partial charge in [0.05, 0.1) is 6.04 Å². The summed E-state index contributed by atoms with van der Waals surface area (Å²) in [5.74, 6) is -2.03. The van der Waals surface area contributed by atoms with Crippen molar-refractivity contribution in [3.63, 3.8) is 0 Å². The number of carboxylic acids is 1. The Morgan fingerprint density at radius 2 is 1.48 bits per heavy atom. The highest BCUT2D eigenvalue weighted by Gasteiger charge is 2.46. The Morgan fingerprint density at radius 1 is 0.952 bits per heavy atom. The zero-order valence-corrected chi connectivity index (χ0v) is 28.4. The Bertz CT molecular complexity index is 1140. The molecule has 0 fully saturated rings. The average molecular weight is 606 g/mol. The highest BCUT2D eigenvalue weighted by Crippen LogP contribution is 2.33. The van der Waals surface area contributed by atoms with Gasteiger partial charge in [-0.2, -0.15) is 11.8 Å². The molecule has 1 aromatic rings. The summed E-state index contributed by atoms with van der Waals surface area (Å²) >= 11 is 1.42. The van der Waals surface area contributed by atoms with Crippen LogP contribution in [0.25, 0.3) is 0 Å². The lowest BCUT2D eigenvalue weighted by Crippen LogP contribution is -2.64. The minimum Gasteiger partial charge on any atom is -0.478 e. The van der Waals surface area contributed by atoms with Crippen molar-refractivity contribution < 1.29 is 29.0 Å². The van der Waals surface area contributed by atoms with Gasteiger partial charge in [0.1, 0.15) is 17.7 Å². The lowest BCUT2D eigenvalue weighted by Gasteiger charge is -2.43. The van der Waals surface area contributed by atoms with Gasteiger partial charge in [0.2, 0.25) is 11.8 Å². The first-order valence-corrected chi connectivity index (χ1v) is 15.4. The molecule has 0 saturated heterocycles. The maximum atomic E-state index is 14.3. The number of carbonyl (C=O) groups excluding carboxylic acids is 3. The number of amides is 3. The van der Waals surface area contributed by atoms with Crippen molar-refractivity contribution in [1.29, 1.82) is 0 Å². The Kier molecular flexibility index (Phi) is 12.7. The summed E-state index contributed by atoms with van der Waals surface area (Å²) in [7, 11) is 3.15. The molecule has 0 spiro atoms. The number of rotatable bonds is 12. The Hall–Kier alpha value is -3.01. The topological polar surface area (TPSA) is 116 Å². The predicted molar refractivity (Wildman–Crippen MR) is 170 cm³/mol. The number of ether oxygens (including phenoxy) is 1. The lowest BCUT2D eigenvalue weighted by atomic mass is 9.76. The van der Waals surface area contributed by atoms with Crippen LogP contribution in [0.1, 0.15) is 74.8 Å². The van der Waals surface area contributed by atoms with Crippen molar-refractivity contribution in [3.8, 4) is 0 Å². The lowest BCUT2D eigenvalue weighted by molar-refractivity contribution is -0.139. The van der Waals surface area contributed by atoms with E-state index in [1.165, 1.54) is 35.5 Å². The van der Waals surface area contributed by atoms with Crippen molar-refractivity contribution in [2.24, 2.45) is 5.92 Å². The summed E-state index contributed by atoms with van der Waals surface area (Å²) in [6.07, 6.45) is 2.76. The van der Waals surface area contributed by atoms with Gasteiger partial charge in [-0.15, -0.1) is 0 Å². The van der Waals surface area contributed by atoms with Gasteiger partial charge in [-0.05, 0) is 59.3 Å². The number of hydrogen-bond donors (Lipinski definition) is 2. The fraction of sp³-hybridized carbons (Fsp3) is 0.625. The summed E-state index contributed by atoms with van der Waals surface area (Å²) in [4.78, 5) is 56.1. The number of nitrogens with one attached hydrogen (secondary N) is 1. The number of carboxylic acid groups (broad SMARTS) is 1. The maximum Gasteiger partial charge on any atom is 0.410 e. The van der Waals surface area contributed by atoms with Crippen LogP contribution in [0.3, 0.4) is 0 Å². The number of carbonyl (C=O) groups is 4. The average Bonchev–Trinajstić information content (AvgIpc) is 2.88. The van der Waals surface area contributed by atoms with Crippen LogP contribution in [-0.4, -0.2) is 87.6 Å². The molecule has 2 N–H and O–H groups in total. The van der Waals surface area contributed by atoms with Crippen LogP contribution in [0, 0.1) is 5.92 Å². The number of benzene rings is 1. The third kappa shape index (κ3) is 9.51. The molecular weight excluding hydrogens is 554 g/mol. The van der Waals surface area contributed by atoms with Gasteiger partial charge in [-0.1, -0.05) is 64.1 Å². The monoisotopic (exact) mass is 605 g/mol. The molecular formula is C32H51N3O6S. The highest BCUT2D eigenvalue weighted by molar-refractivity contribution is 8.00. The molecule has 0 heterocycles. The summed E-state index contributed by atoms with van der Waals surface area (Å²) in [6.45, 7) is 18.1. The van der Waals surface area contributed by atoms with Crippen LogP contribution in [0.15, 0.2) is 42.0 Å². The van der Waals surface area contributed by atoms with E-state index >= 15 is 0 Å². The molecule has 42 heavy (non-hydrogen) atoms. The second-order valence-corrected chi connectivity index (χ2v) is 14.6. The van der Waals surface area contributed by atoms with Crippen LogP contribution < -0.4 is 5.32 Å². The van der Waals surface area contributed by atoms with E-state index in [1.54, 1.807) is 33.9 Å². The van der Waals surface area contributed by atoms with Crippen LogP contribution in [0.5, 0.6) is 0 Å². The van der Waals surface area contributed by atoms with E-state index in [1.807, 2.05) is 78.1 Å². The Morgan fingerprint density at radius 3 is 1.90 bits per heavy atom. The molecule has 3 atom stereocenters. The standard InChI is InChI=1S/C32H51N3O6S/c1-20(2)23(19-21(3)28(38)39)34(11)27(37)24(32(9,10)42-13)33-26(36)25(35(12)29(40)41-30(4,5)6)31(7,8)22-17-15-14-16-18-22/h14-20,23-25H,1-13H3,(H,33,36)(H,38,39)/b21-19+/t23-,24-,25-/m1/s1. The first-order valence-electron chi connectivity index (χ1n) is 14.1. The number of nitrogens with zero attached hydrogens (tertiary/aromatic N) is 2. The van der Waals surface area contributed by atoms with Gasteiger partial charge >= 0.3 is 12.1 Å². The third-order valence-electron chi connectivity index (χ3n) is 7.51. The number of thioether (sulfide) groups is 1. The van der Waals surface area contributed by atoms with Crippen LogP contribution in [0.4, 0.5) is 4.79 Å². The highest BCUT2D eigenvalue weighted by atomic mass is 32.2. The van der Waals surface area contributed by atoms with E-state index in [0.717, 1.165) is 5.56 Å². The van der Waals surface area contributed by atoms with Gasteiger partial charge < -0.3 is 20.1 Å². The molecule has 0 radical (unpaired) electrons. The molecule has 0 aliphatic heterocycles. The molecule has 0 aliphatic rings. The predicted octanol–water partition coefficient (Wildman–Crippen LogP) is 5.34. The van der Waals surface area contributed by atoms with E-state index in [-0.39, 0.29) is 17.4 Å². The van der Waals surface area contributed by atoms with Gasteiger partial charge in [-0.25, -0.2) is 9.59 Å². The zero-order valence-electron chi connectivity index (χ0n) is 27.6. The molecule has 10 heteroatoms. The second kappa shape index (κ2) is 14.4. The minimum absolute atomic E-state index is 0.0925.